The van der Waals surface area contributed by atoms with Gasteiger partial charge < -0.3 is 10.8 Å². The molecular weight excluding hydrogens is 284 g/mol. The normalized spacial score (nSPS) is 12.9. The molecule has 0 radical (unpaired) electrons. The molecule has 0 aliphatic rings. The number of primary amides is 1. The van der Waals surface area contributed by atoms with Crippen molar-refractivity contribution >= 4 is 21.7 Å². The molecule has 7 nitrogen and oxygen atoms in total. The van der Waals surface area contributed by atoms with Crippen molar-refractivity contribution in [3.8, 4) is 0 Å². The Hall–Kier alpha value is -1.77. The molecule has 0 heterocycles. The molecule has 1 aromatic carbocycles. The summed E-state index contributed by atoms with van der Waals surface area (Å²) in [6.45, 7) is 1.15. The standard InChI is InChI=1S/C12H16N2O5S/c1-2-10(15)8-4-3-5-9(6-8)20(18,19)14-7-11(16)12(13)17/h3-6,11,14,16H,2,7H2,1H3,(H2,13,17). The van der Waals surface area contributed by atoms with Gasteiger partial charge in [0.2, 0.25) is 15.9 Å². The van der Waals surface area contributed by atoms with Crippen LogP contribution in [0, 0.1) is 0 Å². The molecule has 1 rings (SSSR count). The number of aliphatic hydroxyl groups excluding tert-OH is 1. The van der Waals surface area contributed by atoms with Crippen molar-refractivity contribution in [3.05, 3.63) is 29.8 Å². The quantitative estimate of drug-likeness (QED) is 0.580. The van der Waals surface area contributed by atoms with Gasteiger partial charge in [0, 0.05) is 18.5 Å². The van der Waals surface area contributed by atoms with Crippen LogP contribution in [-0.2, 0) is 14.8 Å². The summed E-state index contributed by atoms with van der Waals surface area (Å²) >= 11 is 0. The molecule has 4 N–H and O–H groups in total. The lowest BCUT2D eigenvalue weighted by molar-refractivity contribution is -0.125. The smallest absolute Gasteiger partial charge is 0.247 e. The van der Waals surface area contributed by atoms with Gasteiger partial charge in [0.1, 0.15) is 6.10 Å². The third kappa shape index (κ3) is 4.12. The number of sulfonamides is 1. The van der Waals surface area contributed by atoms with Crippen molar-refractivity contribution < 1.29 is 23.1 Å². The lowest BCUT2D eigenvalue weighted by atomic mass is 10.1. The van der Waals surface area contributed by atoms with E-state index >= 15 is 0 Å². The molecule has 0 saturated carbocycles. The maximum atomic E-state index is 11.9. The summed E-state index contributed by atoms with van der Waals surface area (Å²) in [5.41, 5.74) is 5.10. The first-order chi connectivity index (χ1) is 9.27. The van der Waals surface area contributed by atoms with Crippen LogP contribution in [0.2, 0.25) is 0 Å². The van der Waals surface area contributed by atoms with Crippen LogP contribution in [0.3, 0.4) is 0 Å². The summed E-state index contributed by atoms with van der Waals surface area (Å²) in [5.74, 6) is -1.21. The molecule has 1 aromatic rings. The van der Waals surface area contributed by atoms with E-state index in [4.69, 9.17) is 10.8 Å². The number of nitrogens with two attached hydrogens (primary N) is 1. The van der Waals surface area contributed by atoms with Gasteiger partial charge in [-0.1, -0.05) is 19.1 Å². The first-order valence-corrected chi connectivity index (χ1v) is 7.36. The minimum atomic E-state index is -3.92. The molecule has 0 aliphatic heterocycles. The van der Waals surface area contributed by atoms with Gasteiger partial charge in [-0.2, -0.15) is 0 Å². The van der Waals surface area contributed by atoms with Gasteiger partial charge in [-0.05, 0) is 12.1 Å². The highest BCUT2D eigenvalue weighted by Crippen LogP contribution is 2.13. The minimum absolute atomic E-state index is 0.117. The molecule has 1 unspecified atom stereocenters. The van der Waals surface area contributed by atoms with Crippen molar-refractivity contribution in [2.24, 2.45) is 5.73 Å². The fraction of sp³-hybridized carbons (Fsp3) is 0.333. The van der Waals surface area contributed by atoms with E-state index in [2.05, 4.69) is 4.72 Å². The van der Waals surface area contributed by atoms with Crippen LogP contribution in [0.1, 0.15) is 23.7 Å². The van der Waals surface area contributed by atoms with E-state index in [1.807, 2.05) is 0 Å². The number of benzene rings is 1. The average molecular weight is 300 g/mol. The van der Waals surface area contributed by atoms with E-state index in [0.29, 0.717) is 0 Å². The Morgan fingerprint density at radius 1 is 1.40 bits per heavy atom. The van der Waals surface area contributed by atoms with Crippen LogP contribution in [0.5, 0.6) is 0 Å². The van der Waals surface area contributed by atoms with Gasteiger partial charge in [0.05, 0.1) is 4.90 Å². The lowest BCUT2D eigenvalue weighted by Gasteiger charge is -2.10. The minimum Gasteiger partial charge on any atom is -0.382 e. The molecule has 20 heavy (non-hydrogen) atoms. The first-order valence-electron chi connectivity index (χ1n) is 5.88. The predicted octanol–water partition coefficient (Wildman–Crippen LogP) is -0.596. The molecule has 1 atom stereocenters. The third-order valence-corrected chi connectivity index (χ3v) is 4.00. The zero-order valence-electron chi connectivity index (χ0n) is 10.9. The van der Waals surface area contributed by atoms with E-state index in [-0.39, 0.29) is 22.7 Å². The highest BCUT2D eigenvalue weighted by atomic mass is 32.2. The monoisotopic (exact) mass is 300 g/mol. The van der Waals surface area contributed by atoms with Gasteiger partial charge >= 0.3 is 0 Å². The summed E-state index contributed by atoms with van der Waals surface area (Å²) in [7, 11) is -3.92. The number of amides is 1. The summed E-state index contributed by atoms with van der Waals surface area (Å²) in [5, 5.41) is 9.16. The number of carbonyl (C=O) groups excluding carboxylic acids is 2. The SMILES string of the molecule is CCC(=O)c1cccc(S(=O)(=O)NCC(O)C(N)=O)c1. The van der Waals surface area contributed by atoms with Crippen LogP contribution in [0.15, 0.2) is 29.2 Å². The van der Waals surface area contributed by atoms with Crippen molar-refractivity contribution in [1.29, 1.82) is 0 Å². The molecule has 0 aromatic heterocycles. The molecule has 0 bridgehead atoms. The molecule has 0 saturated heterocycles. The predicted molar refractivity (Wildman–Crippen MR) is 71.5 cm³/mol. The Kier molecular flexibility index (Phi) is 5.37. The van der Waals surface area contributed by atoms with Gasteiger partial charge in [0.15, 0.2) is 5.78 Å². The fourth-order valence-electron chi connectivity index (χ4n) is 1.41. The van der Waals surface area contributed by atoms with Gasteiger partial charge in [-0.15, -0.1) is 0 Å². The Morgan fingerprint density at radius 2 is 2.05 bits per heavy atom. The van der Waals surface area contributed by atoms with Gasteiger partial charge in [-0.3, -0.25) is 9.59 Å². The summed E-state index contributed by atoms with van der Waals surface area (Å²) in [6, 6.07) is 5.52. The third-order valence-electron chi connectivity index (χ3n) is 2.58. The van der Waals surface area contributed by atoms with Crippen LogP contribution in [0.4, 0.5) is 0 Å². The number of carbonyl (C=O) groups is 2. The summed E-state index contributed by atoms with van der Waals surface area (Å²) in [4.78, 5) is 22.0. The Balaban J connectivity index is 2.93. The number of nitrogens with one attached hydrogen (secondary N) is 1. The van der Waals surface area contributed by atoms with Gasteiger partial charge in [-0.25, -0.2) is 13.1 Å². The number of hydrogen-bond acceptors (Lipinski definition) is 5. The molecule has 110 valence electrons. The average Bonchev–Trinajstić information content (AvgIpc) is 2.43. The Labute approximate surface area is 116 Å². The van der Waals surface area contributed by atoms with Crippen LogP contribution in [0.25, 0.3) is 0 Å². The Bertz CT molecular complexity index is 612. The highest BCUT2D eigenvalue weighted by Gasteiger charge is 2.19. The van der Waals surface area contributed by atoms with E-state index in [0.717, 1.165) is 0 Å². The van der Waals surface area contributed by atoms with E-state index in [1.54, 1.807) is 6.92 Å². The van der Waals surface area contributed by atoms with E-state index in [9.17, 15) is 18.0 Å². The van der Waals surface area contributed by atoms with Crippen molar-refractivity contribution in [2.75, 3.05) is 6.54 Å². The molecular formula is C12H16N2O5S. The van der Waals surface area contributed by atoms with Crippen LogP contribution < -0.4 is 10.5 Å². The maximum absolute atomic E-state index is 11.9. The number of hydrogen-bond donors (Lipinski definition) is 3. The largest absolute Gasteiger partial charge is 0.382 e. The molecule has 0 fully saturated rings. The topological polar surface area (TPSA) is 127 Å². The zero-order valence-corrected chi connectivity index (χ0v) is 11.7. The van der Waals surface area contributed by atoms with Crippen molar-refractivity contribution in [1.82, 2.24) is 4.72 Å². The fourth-order valence-corrected chi connectivity index (χ4v) is 2.50. The molecule has 8 heteroatoms. The van der Waals surface area contributed by atoms with E-state index in [1.165, 1.54) is 24.3 Å². The van der Waals surface area contributed by atoms with Crippen LogP contribution >= 0.6 is 0 Å². The first kappa shape index (κ1) is 16.3. The second-order valence-electron chi connectivity index (χ2n) is 4.07. The highest BCUT2D eigenvalue weighted by molar-refractivity contribution is 7.89. The molecule has 1 amide bonds. The summed E-state index contributed by atoms with van der Waals surface area (Å²) < 4.78 is 25.9. The number of aliphatic hydroxyl groups is 1. The lowest BCUT2D eigenvalue weighted by Crippen LogP contribution is -2.39. The van der Waals surface area contributed by atoms with Gasteiger partial charge in [0.25, 0.3) is 0 Å². The Morgan fingerprint density at radius 3 is 2.60 bits per heavy atom. The van der Waals surface area contributed by atoms with Crippen molar-refractivity contribution in [3.63, 3.8) is 0 Å². The second kappa shape index (κ2) is 6.60. The van der Waals surface area contributed by atoms with E-state index < -0.39 is 28.6 Å². The number of ketones is 1. The summed E-state index contributed by atoms with van der Waals surface area (Å²) in [6.07, 6.45) is -1.35. The van der Waals surface area contributed by atoms with Crippen LogP contribution in [-0.4, -0.2) is 37.9 Å². The second-order valence-corrected chi connectivity index (χ2v) is 5.84. The number of Topliss-reactive ketones (excluding diaryl/α,β-unsaturated/α-hetero) is 1. The zero-order chi connectivity index (χ0) is 15.3. The number of rotatable bonds is 7. The molecule has 0 spiro atoms. The van der Waals surface area contributed by atoms with Crippen molar-refractivity contribution in [2.45, 2.75) is 24.3 Å². The maximum Gasteiger partial charge on any atom is 0.247 e. The molecule has 0 aliphatic carbocycles.